The van der Waals surface area contributed by atoms with Gasteiger partial charge in [0.25, 0.3) is 0 Å². The van der Waals surface area contributed by atoms with Gasteiger partial charge in [0.05, 0.1) is 0 Å². The highest BCUT2D eigenvalue weighted by Gasteiger charge is 2.01. The van der Waals surface area contributed by atoms with Crippen LogP contribution >= 0.6 is 41.2 Å². The highest BCUT2D eigenvalue weighted by Crippen LogP contribution is 2.24. The summed E-state index contributed by atoms with van der Waals surface area (Å²) in [5, 5.41) is 0. The molecule has 0 aliphatic heterocycles. The molecule has 0 aromatic heterocycles. The van der Waals surface area contributed by atoms with Crippen molar-refractivity contribution in [2.45, 2.75) is 9.91 Å². The lowest BCUT2D eigenvalue weighted by Crippen LogP contribution is -1.87. The van der Waals surface area contributed by atoms with Gasteiger partial charge in [-0.1, -0.05) is 15.9 Å². The first-order valence-electron chi connectivity index (χ1n) is 1.14. The second-order valence-corrected chi connectivity index (χ2v) is 5.86. The van der Waals surface area contributed by atoms with Crippen molar-refractivity contribution in [1.29, 1.82) is 0 Å². The van der Waals surface area contributed by atoms with E-state index < -0.39 is 0 Å². The molecule has 0 aliphatic carbocycles. The second kappa shape index (κ2) is 1.76. The molecule has 0 aromatic carbocycles. The number of thiol groups is 2. The average molecular weight is 173 g/mol. The number of alkyl halides is 1. The van der Waals surface area contributed by atoms with Crippen LogP contribution in [0, 0.1) is 0 Å². The maximum atomic E-state index is 3.90. The van der Waals surface area contributed by atoms with Gasteiger partial charge >= 0.3 is 0 Å². The van der Waals surface area contributed by atoms with Gasteiger partial charge in [-0.15, -0.1) is 0 Å². The van der Waals surface area contributed by atoms with Crippen molar-refractivity contribution in [3.8, 4) is 0 Å². The highest BCUT2D eigenvalue weighted by molar-refractivity contribution is 9.13. The van der Waals surface area contributed by atoms with Crippen LogP contribution in [0.4, 0.5) is 0 Å². The SMILES string of the molecule is CC(S)(S)Br. The Bertz CT molecular complexity index is 23.1. The molecule has 0 rings (SSSR count). The molecule has 0 aliphatic rings. The van der Waals surface area contributed by atoms with E-state index in [0.717, 1.165) is 0 Å². The van der Waals surface area contributed by atoms with Crippen LogP contribution in [-0.2, 0) is 0 Å². The maximum Gasteiger partial charge on any atom is 0.108 e. The summed E-state index contributed by atoms with van der Waals surface area (Å²) >= 11 is 10.9. The molecule has 0 saturated heterocycles. The van der Waals surface area contributed by atoms with Crippen LogP contribution in [0.15, 0.2) is 0 Å². The van der Waals surface area contributed by atoms with Gasteiger partial charge in [-0.2, -0.15) is 25.3 Å². The Morgan fingerprint density at radius 1 is 1.60 bits per heavy atom. The lowest BCUT2D eigenvalue weighted by atomic mass is 11.0. The van der Waals surface area contributed by atoms with E-state index in [2.05, 4.69) is 41.2 Å². The lowest BCUT2D eigenvalue weighted by Gasteiger charge is -2.00. The molecule has 0 radical (unpaired) electrons. The Morgan fingerprint density at radius 3 is 1.60 bits per heavy atom. The minimum Gasteiger partial charge on any atom is -0.151 e. The first-order chi connectivity index (χ1) is 2.00. The molecule has 0 amide bonds. The predicted octanol–water partition coefficient (Wildman–Crippen LogP) is 1.91. The van der Waals surface area contributed by atoms with Crippen LogP contribution in [0.1, 0.15) is 6.92 Å². The molecule has 0 fully saturated rings. The van der Waals surface area contributed by atoms with E-state index in [4.69, 9.17) is 0 Å². The third-order valence-electron chi connectivity index (χ3n) is 0. The van der Waals surface area contributed by atoms with Gasteiger partial charge in [0, 0.05) is 0 Å². The first-order valence-corrected chi connectivity index (χ1v) is 2.82. The van der Waals surface area contributed by atoms with Gasteiger partial charge in [0.1, 0.15) is 2.99 Å². The van der Waals surface area contributed by atoms with E-state index in [9.17, 15) is 0 Å². The van der Waals surface area contributed by atoms with E-state index in [1.165, 1.54) is 0 Å². The van der Waals surface area contributed by atoms with E-state index in [1.807, 2.05) is 6.92 Å². The maximum absolute atomic E-state index is 3.90. The topological polar surface area (TPSA) is 0 Å². The summed E-state index contributed by atoms with van der Waals surface area (Å²) in [5.74, 6) is 0. The van der Waals surface area contributed by atoms with E-state index in [0.29, 0.717) is 0 Å². The van der Waals surface area contributed by atoms with Crippen LogP contribution in [0.25, 0.3) is 0 Å². The van der Waals surface area contributed by atoms with Gasteiger partial charge in [0.2, 0.25) is 0 Å². The Hall–Kier alpha value is 1.18. The molecule has 3 heteroatoms. The number of hydrogen-bond acceptors (Lipinski definition) is 2. The van der Waals surface area contributed by atoms with Gasteiger partial charge in [-0.05, 0) is 6.92 Å². The average Bonchev–Trinajstić information content (AvgIpc) is 0.722. The standard InChI is InChI=1S/C2H5BrS2/c1-2(3,4)5/h4-5H,1H3. The van der Waals surface area contributed by atoms with Crippen LogP contribution < -0.4 is 0 Å². The zero-order valence-corrected chi connectivity index (χ0v) is 6.15. The van der Waals surface area contributed by atoms with Gasteiger partial charge in [0.15, 0.2) is 0 Å². The summed E-state index contributed by atoms with van der Waals surface area (Å²) in [4.78, 5) is 0. The summed E-state index contributed by atoms with van der Waals surface area (Å²) in [6.45, 7) is 1.83. The largest absolute Gasteiger partial charge is 0.151 e. The molecule has 32 valence electrons. The van der Waals surface area contributed by atoms with Crippen LogP contribution in [0.2, 0.25) is 0 Å². The van der Waals surface area contributed by atoms with Crippen LogP contribution in [-0.4, -0.2) is 2.99 Å². The van der Waals surface area contributed by atoms with Gasteiger partial charge in [-0.25, -0.2) is 0 Å². The molecule has 0 nitrogen and oxygen atoms in total. The molecule has 0 atom stereocenters. The fourth-order valence-corrected chi connectivity index (χ4v) is 0. The predicted molar refractivity (Wildman–Crippen MR) is 35.3 cm³/mol. The Morgan fingerprint density at radius 2 is 1.60 bits per heavy atom. The molecular weight excluding hydrogens is 168 g/mol. The molecule has 0 N–H and O–H groups in total. The van der Waals surface area contributed by atoms with Crippen LogP contribution in [0.3, 0.4) is 0 Å². The van der Waals surface area contributed by atoms with Crippen molar-refractivity contribution < 1.29 is 0 Å². The molecule has 0 unspecified atom stereocenters. The quantitative estimate of drug-likeness (QED) is 0.312. The first kappa shape index (κ1) is 6.18. The molecule has 0 aromatic rings. The Balaban J connectivity index is 3.02. The second-order valence-electron chi connectivity index (χ2n) is 0.905. The minimum absolute atomic E-state index is 0.299. The van der Waals surface area contributed by atoms with Crippen LogP contribution in [0.5, 0.6) is 0 Å². The van der Waals surface area contributed by atoms with E-state index in [-0.39, 0.29) is 2.99 Å². The highest BCUT2D eigenvalue weighted by atomic mass is 79.9. The van der Waals surface area contributed by atoms with Crippen molar-refractivity contribution >= 4 is 41.2 Å². The fraction of sp³-hybridized carbons (Fsp3) is 1.00. The normalized spacial score (nSPS) is 12.0. The summed E-state index contributed by atoms with van der Waals surface area (Å²) in [5.41, 5.74) is 0. The van der Waals surface area contributed by atoms with Crippen molar-refractivity contribution in [3.63, 3.8) is 0 Å². The zero-order chi connectivity index (χ0) is 4.50. The van der Waals surface area contributed by atoms with E-state index >= 15 is 0 Å². The number of halogens is 1. The summed E-state index contributed by atoms with van der Waals surface area (Å²) < 4.78 is -0.299. The molecule has 5 heavy (non-hydrogen) atoms. The summed E-state index contributed by atoms with van der Waals surface area (Å²) in [7, 11) is 0. The van der Waals surface area contributed by atoms with Crippen molar-refractivity contribution in [2.24, 2.45) is 0 Å². The lowest BCUT2D eigenvalue weighted by molar-refractivity contribution is 1.38. The Labute approximate surface area is 51.3 Å². The van der Waals surface area contributed by atoms with Crippen molar-refractivity contribution in [3.05, 3.63) is 0 Å². The molecule has 0 saturated carbocycles. The number of rotatable bonds is 0. The molecule has 0 spiro atoms. The fourth-order valence-electron chi connectivity index (χ4n) is 0. The van der Waals surface area contributed by atoms with E-state index in [1.54, 1.807) is 0 Å². The zero-order valence-electron chi connectivity index (χ0n) is 2.77. The van der Waals surface area contributed by atoms with Crippen molar-refractivity contribution in [1.82, 2.24) is 0 Å². The Kier molecular flexibility index (Phi) is 2.17. The summed E-state index contributed by atoms with van der Waals surface area (Å²) in [6.07, 6.45) is 0. The minimum atomic E-state index is -0.299. The third-order valence-corrected chi connectivity index (χ3v) is 0. The smallest absolute Gasteiger partial charge is 0.108 e. The summed E-state index contributed by atoms with van der Waals surface area (Å²) in [6, 6.07) is 0. The third kappa shape index (κ3) is 37.6. The molecule has 0 heterocycles. The van der Waals surface area contributed by atoms with Gasteiger partial charge in [-0.3, -0.25) is 0 Å². The number of hydrogen-bond donors (Lipinski definition) is 2. The van der Waals surface area contributed by atoms with Crippen molar-refractivity contribution in [2.75, 3.05) is 0 Å². The van der Waals surface area contributed by atoms with Gasteiger partial charge < -0.3 is 0 Å². The molecular formula is C2H5BrS2. The monoisotopic (exact) mass is 172 g/mol. The molecule has 0 bridgehead atoms.